The highest BCUT2D eigenvalue weighted by atomic mass is 35.5. The normalized spacial score (nSPS) is 18.5. The molecule has 0 aliphatic carbocycles. The van der Waals surface area contributed by atoms with E-state index in [4.69, 9.17) is 21.1 Å². The lowest BCUT2D eigenvalue weighted by atomic mass is 10.1. The SMILES string of the molecule is O=C(Nc1ccccc1Cl)C1CC(=O)N(c2ccc3c(c2)OCO3)C1. The van der Waals surface area contributed by atoms with Crippen molar-refractivity contribution in [3.05, 3.63) is 47.5 Å². The van der Waals surface area contributed by atoms with Crippen molar-refractivity contribution in [1.29, 1.82) is 0 Å². The molecule has 4 rings (SSSR count). The fourth-order valence-corrected chi connectivity index (χ4v) is 3.17. The standard InChI is InChI=1S/C18H15ClN2O4/c19-13-3-1-2-4-14(13)20-18(23)11-7-17(22)21(9-11)12-5-6-15-16(8-12)25-10-24-15/h1-6,8,11H,7,9-10H2,(H,20,23). The van der Waals surface area contributed by atoms with Crippen LogP contribution in [0.25, 0.3) is 0 Å². The van der Waals surface area contributed by atoms with Gasteiger partial charge >= 0.3 is 0 Å². The molecule has 0 radical (unpaired) electrons. The van der Waals surface area contributed by atoms with Gasteiger partial charge in [-0.1, -0.05) is 23.7 Å². The zero-order valence-electron chi connectivity index (χ0n) is 13.2. The van der Waals surface area contributed by atoms with E-state index in [2.05, 4.69) is 5.32 Å². The first-order chi connectivity index (χ1) is 12.1. The maximum Gasteiger partial charge on any atom is 0.231 e. The Morgan fingerprint density at radius 1 is 1.16 bits per heavy atom. The van der Waals surface area contributed by atoms with E-state index in [1.807, 2.05) is 0 Å². The van der Waals surface area contributed by atoms with Gasteiger partial charge < -0.3 is 19.7 Å². The summed E-state index contributed by atoms with van der Waals surface area (Å²) in [6, 6.07) is 12.3. The Labute approximate surface area is 149 Å². The van der Waals surface area contributed by atoms with Crippen LogP contribution in [0.2, 0.25) is 5.02 Å². The zero-order valence-corrected chi connectivity index (χ0v) is 14.0. The Morgan fingerprint density at radius 3 is 2.80 bits per heavy atom. The van der Waals surface area contributed by atoms with Gasteiger partial charge in [0, 0.05) is 24.7 Å². The van der Waals surface area contributed by atoms with Crippen LogP contribution in [-0.2, 0) is 9.59 Å². The van der Waals surface area contributed by atoms with E-state index in [0.717, 1.165) is 0 Å². The van der Waals surface area contributed by atoms with Gasteiger partial charge in [0.15, 0.2) is 11.5 Å². The second kappa shape index (κ2) is 6.29. The van der Waals surface area contributed by atoms with Crippen LogP contribution in [0.4, 0.5) is 11.4 Å². The number of nitrogens with one attached hydrogen (secondary N) is 1. The van der Waals surface area contributed by atoms with Crippen molar-refractivity contribution in [2.24, 2.45) is 5.92 Å². The molecule has 0 aromatic heterocycles. The van der Waals surface area contributed by atoms with E-state index in [-0.39, 0.29) is 25.0 Å². The number of hydrogen-bond donors (Lipinski definition) is 1. The van der Waals surface area contributed by atoms with E-state index in [1.165, 1.54) is 0 Å². The van der Waals surface area contributed by atoms with Gasteiger partial charge in [0.05, 0.1) is 16.6 Å². The average molecular weight is 359 g/mol. The molecule has 1 unspecified atom stereocenters. The summed E-state index contributed by atoms with van der Waals surface area (Å²) in [4.78, 5) is 26.4. The van der Waals surface area contributed by atoms with Crippen molar-refractivity contribution in [1.82, 2.24) is 0 Å². The molecule has 1 saturated heterocycles. The predicted octanol–water partition coefficient (Wildman–Crippen LogP) is 3.06. The monoisotopic (exact) mass is 358 g/mol. The van der Waals surface area contributed by atoms with Crippen molar-refractivity contribution in [2.45, 2.75) is 6.42 Å². The Bertz CT molecular complexity index is 855. The van der Waals surface area contributed by atoms with Gasteiger partial charge in [0.1, 0.15) is 0 Å². The first-order valence-corrected chi connectivity index (χ1v) is 8.25. The summed E-state index contributed by atoms with van der Waals surface area (Å²) < 4.78 is 10.6. The van der Waals surface area contributed by atoms with Gasteiger partial charge in [-0.05, 0) is 24.3 Å². The lowest BCUT2D eigenvalue weighted by Crippen LogP contribution is -2.28. The van der Waals surface area contributed by atoms with Crippen LogP contribution < -0.4 is 19.7 Å². The van der Waals surface area contributed by atoms with Crippen LogP contribution in [0.1, 0.15) is 6.42 Å². The maximum absolute atomic E-state index is 12.5. The van der Waals surface area contributed by atoms with Crippen molar-refractivity contribution in [3.8, 4) is 11.5 Å². The Morgan fingerprint density at radius 2 is 1.96 bits per heavy atom. The highest BCUT2D eigenvalue weighted by molar-refractivity contribution is 6.33. The van der Waals surface area contributed by atoms with Gasteiger partial charge in [-0.2, -0.15) is 0 Å². The number of anilines is 2. The summed E-state index contributed by atoms with van der Waals surface area (Å²) in [5.41, 5.74) is 1.24. The molecule has 25 heavy (non-hydrogen) atoms. The smallest absolute Gasteiger partial charge is 0.231 e. The van der Waals surface area contributed by atoms with Crippen molar-refractivity contribution < 1.29 is 19.1 Å². The molecule has 1 atom stereocenters. The first-order valence-electron chi connectivity index (χ1n) is 7.87. The topological polar surface area (TPSA) is 67.9 Å². The van der Waals surface area contributed by atoms with Crippen molar-refractivity contribution in [2.75, 3.05) is 23.6 Å². The molecule has 1 N–H and O–H groups in total. The van der Waals surface area contributed by atoms with E-state index >= 15 is 0 Å². The lowest BCUT2D eigenvalue weighted by molar-refractivity contribution is -0.122. The minimum Gasteiger partial charge on any atom is -0.454 e. The minimum atomic E-state index is -0.436. The number of hydrogen-bond acceptors (Lipinski definition) is 4. The quantitative estimate of drug-likeness (QED) is 0.915. The number of amides is 2. The average Bonchev–Trinajstić information content (AvgIpc) is 3.22. The Balaban J connectivity index is 1.48. The number of halogens is 1. The highest BCUT2D eigenvalue weighted by Gasteiger charge is 2.35. The number of rotatable bonds is 3. The molecule has 2 amide bonds. The molecule has 2 aromatic carbocycles. The molecule has 2 aromatic rings. The second-order valence-corrected chi connectivity index (χ2v) is 6.32. The number of fused-ring (bicyclic) bond motifs is 1. The highest BCUT2D eigenvalue weighted by Crippen LogP contribution is 2.37. The third-order valence-corrected chi connectivity index (χ3v) is 4.62. The summed E-state index contributed by atoms with van der Waals surface area (Å²) >= 11 is 6.06. The van der Waals surface area contributed by atoms with Crippen LogP contribution in [0, 0.1) is 5.92 Å². The van der Waals surface area contributed by atoms with Gasteiger partial charge in [0.2, 0.25) is 18.6 Å². The predicted molar refractivity (Wildman–Crippen MR) is 93.1 cm³/mol. The molecular formula is C18H15ClN2O4. The van der Waals surface area contributed by atoms with Crippen LogP contribution in [0.15, 0.2) is 42.5 Å². The van der Waals surface area contributed by atoms with E-state index in [0.29, 0.717) is 34.4 Å². The number of carbonyl (C=O) groups excluding carboxylic acids is 2. The van der Waals surface area contributed by atoms with E-state index in [1.54, 1.807) is 47.4 Å². The molecule has 2 heterocycles. The molecule has 0 bridgehead atoms. The fourth-order valence-electron chi connectivity index (χ4n) is 2.98. The maximum atomic E-state index is 12.5. The Hall–Kier alpha value is -2.73. The molecule has 0 spiro atoms. The van der Waals surface area contributed by atoms with Crippen LogP contribution in [0.5, 0.6) is 11.5 Å². The van der Waals surface area contributed by atoms with E-state index in [9.17, 15) is 9.59 Å². The summed E-state index contributed by atoms with van der Waals surface area (Å²) in [7, 11) is 0. The molecule has 2 aliphatic rings. The van der Waals surface area contributed by atoms with Crippen LogP contribution in [0.3, 0.4) is 0 Å². The summed E-state index contributed by atoms with van der Waals surface area (Å²) in [6.45, 7) is 0.490. The molecule has 7 heteroatoms. The van der Waals surface area contributed by atoms with Gasteiger partial charge in [-0.25, -0.2) is 0 Å². The van der Waals surface area contributed by atoms with Crippen LogP contribution in [-0.4, -0.2) is 25.2 Å². The molecule has 128 valence electrons. The second-order valence-electron chi connectivity index (χ2n) is 5.91. The lowest BCUT2D eigenvalue weighted by Gasteiger charge is -2.17. The fraction of sp³-hybridized carbons (Fsp3) is 0.222. The number of carbonyl (C=O) groups is 2. The van der Waals surface area contributed by atoms with Gasteiger partial charge in [-0.3, -0.25) is 9.59 Å². The third-order valence-electron chi connectivity index (χ3n) is 4.30. The molecule has 2 aliphatic heterocycles. The molecule has 0 saturated carbocycles. The molecular weight excluding hydrogens is 344 g/mol. The summed E-state index contributed by atoms with van der Waals surface area (Å²) in [6.07, 6.45) is 0.157. The van der Waals surface area contributed by atoms with E-state index < -0.39 is 5.92 Å². The summed E-state index contributed by atoms with van der Waals surface area (Å²) in [5, 5.41) is 3.26. The van der Waals surface area contributed by atoms with Crippen molar-refractivity contribution in [3.63, 3.8) is 0 Å². The van der Waals surface area contributed by atoms with Gasteiger partial charge in [-0.15, -0.1) is 0 Å². The van der Waals surface area contributed by atoms with Crippen LogP contribution >= 0.6 is 11.6 Å². The molecule has 1 fully saturated rings. The minimum absolute atomic E-state index is 0.0989. The largest absolute Gasteiger partial charge is 0.454 e. The Kier molecular flexibility index (Phi) is 3.97. The number of nitrogens with zero attached hydrogens (tertiary/aromatic N) is 1. The number of para-hydroxylation sites is 1. The third kappa shape index (κ3) is 3.00. The molecule has 6 nitrogen and oxygen atoms in total. The number of ether oxygens (including phenoxy) is 2. The number of benzene rings is 2. The summed E-state index contributed by atoms with van der Waals surface area (Å²) in [5.74, 6) is 0.509. The zero-order chi connectivity index (χ0) is 17.4. The van der Waals surface area contributed by atoms with Gasteiger partial charge in [0.25, 0.3) is 0 Å². The van der Waals surface area contributed by atoms with Crippen molar-refractivity contribution >= 4 is 34.8 Å². The first kappa shape index (κ1) is 15.8.